The maximum Gasteiger partial charge on any atom is 0.390 e. The highest BCUT2D eigenvalue weighted by Gasteiger charge is 2.29. The van der Waals surface area contributed by atoms with Crippen molar-refractivity contribution in [2.24, 2.45) is 0 Å². The number of aromatic nitrogens is 4. The number of carbonyl (C=O) groups is 1. The second kappa shape index (κ2) is 10.5. The van der Waals surface area contributed by atoms with Crippen molar-refractivity contribution in [1.29, 1.82) is 5.26 Å². The van der Waals surface area contributed by atoms with Crippen LogP contribution in [0.3, 0.4) is 0 Å². The van der Waals surface area contributed by atoms with Crippen LogP contribution in [0.2, 0.25) is 25.7 Å². The number of carbonyl (C=O) groups excluding carboxylic acids is 1. The Morgan fingerprint density at radius 3 is 2.78 bits per heavy atom. The molecular weight excluding hydrogens is 503 g/mol. The average Bonchev–Trinajstić information content (AvgIpc) is 3.41. The lowest BCUT2D eigenvalue weighted by Gasteiger charge is -2.29. The quantitative estimate of drug-likeness (QED) is 0.338. The molecule has 0 fully saturated rings. The van der Waals surface area contributed by atoms with Gasteiger partial charge in [0.1, 0.15) is 30.6 Å². The number of nitrogens with one attached hydrogen (secondary N) is 1. The van der Waals surface area contributed by atoms with Gasteiger partial charge in [0.05, 0.1) is 29.6 Å². The number of ether oxygens (including phenoxy) is 1. The largest absolute Gasteiger partial charge is 0.390 e. The number of hydrogen-bond donors (Lipinski definition) is 1. The van der Waals surface area contributed by atoms with Crippen LogP contribution in [0.15, 0.2) is 24.8 Å². The van der Waals surface area contributed by atoms with Crippen LogP contribution in [-0.4, -0.2) is 59.1 Å². The minimum atomic E-state index is -4.37. The fourth-order valence-corrected chi connectivity index (χ4v) is 5.04. The molecule has 3 aromatic rings. The highest BCUT2D eigenvalue weighted by Crippen LogP contribution is 2.31. The molecule has 1 N–H and O–H groups in total. The average molecular weight is 534 g/mol. The van der Waals surface area contributed by atoms with Gasteiger partial charge in [-0.3, -0.25) is 4.57 Å². The Balaban J connectivity index is 1.53. The molecule has 4 rings (SSSR count). The highest BCUT2D eigenvalue weighted by atomic mass is 28.3. The summed E-state index contributed by atoms with van der Waals surface area (Å²) >= 11 is 0. The van der Waals surface area contributed by atoms with Gasteiger partial charge in [-0.25, -0.2) is 14.8 Å². The summed E-state index contributed by atoms with van der Waals surface area (Å²) in [5.41, 5.74) is 2.36. The Bertz CT molecular complexity index is 1320. The monoisotopic (exact) mass is 533 g/mol. The normalized spacial score (nSPS) is 14.0. The van der Waals surface area contributed by atoms with Gasteiger partial charge in [0.2, 0.25) is 0 Å². The smallest absolute Gasteiger partial charge is 0.361 e. The summed E-state index contributed by atoms with van der Waals surface area (Å²) in [5.74, 6) is 0.681. The van der Waals surface area contributed by atoms with Gasteiger partial charge in [0.15, 0.2) is 0 Å². The van der Waals surface area contributed by atoms with Crippen LogP contribution in [-0.2, 0) is 24.4 Å². The van der Waals surface area contributed by atoms with Crippen LogP contribution in [0.5, 0.6) is 0 Å². The van der Waals surface area contributed by atoms with Gasteiger partial charge in [-0.15, -0.1) is 0 Å². The molecule has 1 aliphatic heterocycles. The fourth-order valence-electron chi connectivity index (χ4n) is 4.29. The Morgan fingerprint density at radius 2 is 2.08 bits per heavy atom. The minimum absolute atomic E-state index is 0.272. The Labute approximate surface area is 213 Å². The molecular formula is C24H30F3N7O2Si. The molecule has 4 heterocycles. The van der Waals surface area contributed by atoms with Crippen LogP contribution >= 0.6 is 0 Å². The molecule has 0 spiro atoms. The molecule has 37 heavy (non-hydrogen) atoms. The summed E-state index contributed by atoms with van der Waals surface area (Å²) in [5, 5.41) is 12.7. The minimum Gasteiger partial charge on any atom is -0.361 e. The molecule has 198 valence electrons. The maximum absolute atomic E-state index is 12.7. The molecule has 0 saturated heterocycles. The predicted molar refractivity (Wildman–Crippen MR) is 135 cm³/mol. The number of nitrogens with zero attached hydrogens (tertiary/aromatic N) is 6. The molecule has 0 aliphatic carbocycles. The lowest BCUT2D eigenvalue weighted by Crippen LogP contribution is -2.36. The fraction of sp³-hybridized carbons (Fsp3) is 0.500. The number of anilines is 1. The van der Waals surface area contributed by atoms with Crippen molar-refractivity contribution in [2.75, 3.05) is 24.6 Å². The first-order valence-electron chi connectivity index (χ1n) is 12.1. The Kier molecular flexibility index (Phi) is 7.61. The van der Waals surface area contributed by atoms with E-state index in [4.69, 9.17) is 4.74 Å². The van der Waals surface area contributed by atoms with Crippen LogP contribution in [0.1, 0.15) is 23.2 Å². The van der Waals surface area contributed by atoms with Crippen molar-refractivity contribution in [1.82, 2.24) is 24.4 Å². The number of nitriles is 1. The van der Waals surface area contributed by atoms with E-state index < -0.39 is 33.2 Å². The third kappa shape index (κ3) is 6.31. The molecule has 0 saturated carbocycles. The molecule has 0 radical (unpaired) electrons. The van der Waals surface area contributed by atoms with Gasteiger partial charge in [0.25, 0.3) is 0 Å². The van der Waals surface area contributed by atoms with Crippen molar-refractivity contribution in [3.63, 3.8) is 0 Å². The summed E-state index contributed by atoms with van der Waals surface area (Å²) in [4.78, 5) is 23.6. The van der Waals surface area contributed by atoms with Crippen molar-refractivity contribution in [2.45, 2.75) is 58.0 Å². The first kappa shape index (κ1) is 26.7. The van der Waals surface area contributed by atoms with E-state index in [1.807, 2.05) is 21.7 Å². The Morgan fingerprint density at radius 1 is 1.30 bits per heavy atom. The first-order valence-corrected chi connectivity index (χ1v) is 15.8. The van der Waals surface area contributed by atoms with Crippen LogP contribution in [0.25, 0.3) is 11.0 Å². The van der Waals surface area contributed by atoms with E-state index in [9.17, 15) is 23.2 Å². The van der Waals surface area contributed by atoms with E-state index in [0.717, 1.165) is 22.6 Å². The molecule has 1 aliphatic rings. The zero-order valence-electron chi connectivity index (χ0n) is 21.1. The third-order valence-electron chi connectivity index (χ3n) is 6.28. The SMILES string of the molecule is C[Si](C)(C)CCOCn1ccc2c(N3CCc4c(C#N)cn(C(=O)NCCC(F)(F)F)c4C3)ncnc21. The van der Waals surface area contributed by atoms with Crippen molar-refractivity contribution in [3.8, 4) is 6.07 Å². The lowest BCUT2D eigenvalue weighted by molar-refractivity contribution is -0.132. The van der Waals surface area contributed by atoms with E-state index in [1.165, 1.54) is 17.1 Å². The molecule has 0 bridgehead atoms. The summed E-state index contributed by atoms with van der Waals surface area (Å²) in [6.07, 6.45) is -0.232. The second-order valence-corrected chi connectivity index (χ2v) is 15.9. The number of hydrogen-bond acceptors (Lipinski definition) is 6. The highest BCUT2D eigenvalue weighted by molar-refractivity contribution is 6.76. The zero-order chi connectivity index (χ0) is 26.8. The summed E-state index contributed by atoms with van der Waals surface area (Å²) in [6, 6.07) is 4.38. The number of amides is 1. The van der Waals surface area contributed by atoms with E-state index in [2.05, 4.69) is 41.0 Å². The molecule has 9 nitrogen and oxygen atoms in total. The van der Waals surface area contributed by atoms with Crippen molar-refractivity contribution >= 4 is 31.0 Å². The van der Waals surface area contributed by atoms with Crippen molar-refractivity contribution in [3.05, 3.63) is 41.6 Å². The lowest BCUT2D eigenvalue weighted by atomic mass is 10.0. The molecule has 0 unspecified atom stereocenters. The predicted octanol–water partition coefficient (Wildman–Crippen LogP) is 4.49. The number of rotatable bonds is 8. The number of alkyl halides is 3. The van der Waals surface area contributed by atoms with E-state index in [1.54, 1.807) is 0 Å². The first-order chi connectivity index (χ1) is 17.5. The van der Waals surface area contributed by atoms with E-state index >= 15 is 0 Å². The van der Waals surface area contributed by atoms with Crippen LogP contribution < -0.4 is 10.2 Å². The number of fused-ring (bicyclic) bond motifs is 2. The van der Waals surface area contributed by atoms with Gasteiger partial charge in [0, 0.05) is 40.2 Å². The Hall–Kier alpha value is -3.37. The van der Waals surface area contributed by atoms with E-state index in [-0.39, 0.29) is 6.54 Å². The maximum atomic E-state index is 12.7. The summed E-state index contributed by atoms with van der Waals surface area (Å²) in [6.45, 7) is 8.25. The van der Waals surface area contributed by atoms with E-state index in [0.29, 0.717) is 43.4 Å². The molecule has 0 atom stereocenters. The summed E-state index contributed by atoms with van der Waals surface area (Å²) < 4.78 is 46.6. The second-order valence-electron chi connectivity index (χ2n) is 10.3. The van der Waals surface area contributed by atoms with Gasteiger partial charge < -0.3 is 19.5 Å². The van der Waals surface area contributed by atoms with Gasteiger partial charge in [-0.2, -0.15) is 18.4 Å². The topological polar surface area (TPSA) is 101 Å². The summed E-state index contributed by atoms with van der Waals surface area (Å²) in [7, 11) is -1.19. The van der Waals surface area contributed by atoms with Crippen LogP contribution in [0.4, 0.5) is 23.8 Å². The van der Waals surface area contributed by atoms with Gasteiger partial charge in [-0.1, -0.05) is 19.6 Å². The third-order valence-corrected chi connectivity index (χ3v) is 7.98. The molecule has 0 aromatic carbocycles. The molecule has 3 aromatic heterocycles. The van der Waals surface area contributed by atoms with Crippen LogP contribution in [0, 0.1) is 11.3 Å². The molecule has 1 amide bonds. The number of halogens is 3. The zero-order valence-corrected chi connectivity index (χ0v) is 22.1. The van der Waals surface area contributed by atoms with Gasteiger partial charge >= 0.3 is 12.2 Å². The van der Waals surface area contributed by atoms with Crippen molar-refractivity contribution < 1.29 is 22.7 Å². The standard InChI is InChI=1S/C24H30F3N7O2Si/c1-37(2,3)11-10-36-16-33-9-5-19-21(30-15-31-22(19)33)32-8-4-18-17(12-28)13-34(20(18)14-32)23(35)29-7-6-24(25,26)27/h5,9,13,15H,4,6-8,10-11,14,16H2,1-3H3,(H,29,35). The molecule has 13 heteroatoms. The van der Waals surface area contributed by atoms with Gasteiger partial charge in [-0.05, 0) is 24.1 Å².